The van der Waals surface area contributed by atoms with E-state index in [0.29, 0.717) is 11.8 Å². The first-order valence-electron chi connectivity index (χ1n) is 9.03. The Morgan fingerprint density at radius 1 is 1.36 bits per heavy atom. The molecule has 3 atom stereocenters. The molecule has 25 heavy (non-hydrogen) atoms. The molecular weight excluding hydrogens is 318 g/mol. The number of hydrogen-bond acceptors (Lipinski definition) is 5. The van der Waals surface area contributed by atoms with Crippen molar-refractivity contribution in [1.82, 2.24) is 15.0 Å². The Bertz CT molecular complexity index is 876. The van der Waals surface area contributed by atoms with Crippen LogP contribution >= 0.6 is 0 Å². The minimum Gasteiger partial charge on any atom is -0.343 e. The molecule has 6 heteroatoms. The number of hydrogen-bond donors (Lipinski definition) is 1. The normalized spacial score (nSPS) is 26.5. The van der Waals surface area contributed by atoms with Crippen molar-refractivity contribution in [3.05, 3.63) is 39.9 Å². The highest BCUT2D eigenvalue weighted by Gasteiger charge is 2.49. The number of nitrogens with zero attached hydrogens (tertiary/aromatic N) is 2. The minimum absolute atomic E-state index is 0.0361. The van der Waals surface area contributed by atoms with E-state index < -0.39 is 0 Å². The van der Waals surface area contributed by atoms with E-state index in [0.717, 1.165) is 42.6 Å². The predicted molar refractivity (Wildman–Crippen MR) is 94.1 cm³/mol. The molecule has 1 aliphatic carbocycles. The number of Topliss-reactive ketones (excluding diaryl/α,β-unsaturated/α-hetero) is 1. The number of aromatic amines is 1. The van der Waals surface area contributed by atoms with Gasteiger partial charge < -0.3 is 4.98 Å². The summed E-state index contributed by atoms with van der Waals surface area (Å²) in [6.45, 7) is 2.11. The highest BCUT2D eigenvalue weighted by atomic mass is 16.7. The summed E-state index contributed by atoms with van der Waals surface area (Å²) in [5.74, 6) is 0.846. The third-order valence-corrected chi connectivity index (χ3v) is 5.38. The molecule has 6 nitrogen and oxygen atoms in total. The van der Waals surface area contributed by atoms with Crippen molar-refractivity contribution in [3.63, 3.8) is 0 Å². The van der Waals surface area contributed by atoms with Crippen LogP contribution in [0.4, 0.5) is 0 Å². The van der Waals surface area contributed by atoms with Gasteiger partial charge in [0, 0.05) is 19.9 Å². The predicted octanol–water partition coefficient (Wildman–Crippen LogP) is 2.53. The zero-order chi connectivity index (χ0) is 17.6. The maximum Gasteiger partial charge on any atom is 0.280 e. The number of rotatable bonds is 4. The van der Waals surface area contributed by atoms with Gasteiger partial charge in [0.1, 0.15) is 11.6 Å². The Hall–Kier alpha value is -2.05. The van der Waals surface area contributed by atoms with Gasteiger partial charge in [-0.25, -0.2) is 0 Å². The van der Waals surface area contributed by atoms with Crippen LogP contribution in [0.1, 0.15) is 50.0 Å². The molecule has 3 unspecified atom stereocenters. The van der Waals surface area contributed by atoms with Crippen LogP contribution in [0.25, 0.3) is 10.9 Å². The number of unbranched alkanes of at least 4 members (excludes halogenated alkanes) is 1. The van der Waals surface area contributed by atoms with Gasteiger partial charge in [-0.3, -0.25) is 14.4 Å². The van der Waals surface area contributed by atoms with E-state index in [1.807, 2.05) is 25.2 Å². The Morgan fingerprint density at radius 2 is 2.20 bits per heavy atom. The van der Waals surface area contributed by atoms with Gasteiger partial charge in [0.15, 0.2) is 0 Å². The number of carbonyl (C=O) groups excluding carboxylic acids is 1. The van der Waals surface area contributed by atoms with E-state index >= 15 is 0 Å². The largest absolute Gasteiger partial charge is 0.343 e. The van der Waals surface area contributed by atoms with E-state index in [1.54, 1.807) is 5.06 Å². The number of benzene rings is 1. The third-order valence-electron chi connectivity index (χ3n) is 5.38. The molecule has 2 heterocycles. The number of aromatic nitrogens is 2. The lowest BCUT2D eigenvalue weighted by molar-refractivity contribution is -0.145. The maximum absolute atomic E-state index is 12.5. The van der Waals surface area contributed by atoms with Gasteiger partial charge in [-0.2, -0.15) is 10.0 Å². The molecule has 1 saturated carbocycles. The van der Waals surface area contributed by atoms with E-state index in [-0.39, 0.29) is 29.4 Å². The van der Waals surface area contributed by atoms with Gasteiger partial charge in [0.25, 0.3) is 5.56 Å². The van der Waals surface area contributed by atoms with E-state index in [1.165, 1.54) is 0 Å². The number of ketones is 1. The van der Waals surface area contributed by atoms with Crippen LogP contribution in [0.2, 0.25) is 0 Å². The first-order valence-corrected chi connectivity index (χ1v) is 9.03. The molecule has 0 bridgehead atoms. The molecule has 2 fully saturated rings. The zero-order valence-corrected chi connectivity index (χ0v) is 14.6. The maximum atomic E-state index is 12.5. The summed E-state index contributed by atoms with van der Waals surface area (Å²) < 4.78 is 0. The highest BCUT2D eigenvalue weighted by molar-refractivity contribution is 5.85. The van der Waals surface area contributed by atoms with Gasteiger partial charge in [0.05, 0.1) is 29.0 Å². The smallest absolute Gasteiger partial charge is 0.280 e. The topological polar surface area (TPSA) is 75.3 Å². The van der Waals surface area contributed by atoms with Crippen LogP contribution in [0.15, 0.2) is 23.0 Å². The van der Waals surface area contributed by atoms with Crippen LogP contribution in [-0.2, 0) is 16.1 Å². The SMILES string of the molecule is CCCCc1nc(=O)c2cc(C3C4C(=O)CCC4ON3C)ccc2[nH]1. The molecule has 1 aromatic heterocycles. The van der Waals surface area contributed by atoms with Crippen molar-refractivity contribution in [2.75, 3.05) is 7.05 Å². The second-order valence-corrected chi connectivity index (χ2v) is 7.06. The fraction of sp³-hybridized carbons (Fsp3) is 0.526. The minimum atomic E-state index is -0.211. The van der Waals surface area contributed by atoms with Gasteiger partial charge >= 0.3 is 0 Å². The molecule has 4 rings (SSSR count). The summed E-state index contributed by atoms with van der Waals surface area (Å²) in [5, 5.41) is 2.34. The number of nitrogens with one attached hydrogen (secondary N) is 1. The average molecular weight is 341 g/mol. The molecule has 0 amide bonds. The van der Waals surface area contributed by atoms with Gasteiger partial charge in [-0.15, -0.1) is 0 Å². The number of H-pyrrole nitrogens is 1. The molecule has 1 aromatic carbocycles. The molecule has 1 N–H and O–H groups in total. The summed E-state index contributed by atoms with van der Waals surface area (Å²) in [6, 6.07) is 5.64. The summed E-state index contributed by atoms with van der Waals surface area (Å²) in [4.78, 5) is 38.0. The Kier molecular flexibility index (Phi) is 4.17. The quantitative estimate of drug-likeness (QED) is 0.925. The molecule has 132 valence electrons. The molecule has 2 aromatic rings. The van der Waals surface area contributed by atoms with Crippen molar-refractivity contribution >= 4 is 16.7 Å². The fourth-order valence-electron chi connectivity index (χ4n) is 4.12. The lowest BCUT2D eigenvalue weighted by Crippen LogP contribution is -2.24. The van der Waals surface area contributed by atoms with E-state index in [2.05, 4.69) is 16.9 Å². The van der Waals surface area contributed by atoms with Crippen LogP contribution in [0.3, 0.4) is 0 Å². The standard InChI is InChI=1S/C19H23N3O3/c1-3-4-5-16-20-13-7-6-11(10-12(13)19(24)21-16)18-17-14(23)8-9-15(17)25-22(18)2/h6-7,10,15,17-18H,3-5,8-9H2,1-2H3,(H,20,21,24). The van der Waals surface area contributed by atoms with Gasteiger partial charge in [0.2, 0.25) is 0 Å². The fourth-order valence-corrected chi connectivity index (χ4v) is 4.12. The summed E-state index contributed by atoms with van der Waals surface area (Å²) in [5.41, 5.74) is 1.52. The summed E-state index contributed by atoms with van der Waals surface area (Å²) in [6.07, 6.45) is 4.16. The number of carbonyl (C=O) groups is 1. The molecular formula is C19H23N3O3. The molecule has 0 spiro atoms. The lowest BCUT2D eigenvalue weighted by atomic mass is 9.90. The van der Waals surface area contributed by atoms with Crippen molar-refractivity contribution in [3.8, 4) is 0 Å². The highest BCUT2D eigenvalue weighted by Crippen LogP contribution is 2.45. The number of fused-ring (bicyclic) bond motifs is 2. The van der Waals surface area contributed by atoms with Crippen molar-refractivity contribution in [2.45, 2.75) is 51.2 Å². The molecule has 1 saturated heterocycles. The van der Waals surface area contributed by atoms with Crippen molar-refractivity contribution < 1.29 is 9.63 Å². The van der Waals surface area contributed by atoms with Crippen LogP contribution < -0.4 is 5.56 Å². The first-order chi connectivity index (χ1) is 12.1. The first kappa shape index (κ1) is 16.4. The van der Waals surface area contributed by atoms with Gasteiger partial charge in [-0.05, 0) is 30.5 Å². The second-order valence-electron chi connectivity index (χ2n) is 7.06. The summed E-state index contributed by atoms with van der Waals surface area (Å²) in [7, 11) is 1.86. The average Bonchev–Trinajstić information content (AvgIpc) is 3.11. The Morgan fingerprint density at radius 3 is 3.00 bits per heavy atom. The van der Waals surface area contributed by atoms with Crippen LogP contribution in [0.5, 0.6) is 0 Å². The van der Waals surface area contributed by atoms with Crippen molar-refractivity contribution in [2.24, 2.45) is 5.92 Å². The second kappa shape index (κ2) is 6.35. The van der Waals surface area contributed by atoms with Crippen LogP contribution in [-0.4, -0.2) is 34.0 Å². The van der Waals surface area contributed by atoms with E-state index in [9.17, 15) is 9.59 Å². The Labute approximate surface area is 146 Å². The van der Waals surface area contributed by atoms with E-state index in [4.69, 9.17) is 4.84 Å². The van der Waals surface area contributed by atoms with Crippen molar-refractivity contribution in [1.29, 1.82) is 0 Å². The molecule has 0 radical (unpaired) electrons. The molecule has 1 aliphatic heterocycles. The number of aryl methyl sites for hydroxylation is 1. The Balaban J connectivity index is 1.73. The number of hydroxylamine groups is 2. The zero-order valence-electron chi connectivity index (χ0n) is 14.6. The third kappa shape index (κ3) is 2.79. The lowest BCUT2D eigenvalue weighted by Gasteiger charge is -2.21. The monoisotopic (exact) mass is 341 g/mol. The van der Waals surface area contributed by atoms with Crippen LogP contribution in [0, 0.1) is 5.92 Å². The van der Waals surface area contributed by atoms with Gasteiger partial charge in [-0.1, -0.05) is 19.4 Å². The summed E-state index contributed by atoms with van der Waals surface area (Å²) >= 11 is 0. The molecule has 2 aliphatic rings.